The first kappa shape index (κ1) is 21.3. The van der Waals surface area contributed by atoms with Gasteiger partial charge >= 0.3 is 0 Å². The zero-order chi connectivity index (χ0) is 22.0. The lowest BCUT2D eigenvalue weighted by atomic mass is 10.0. The van der Waals surface area contributed by atoms with Crippen LogP contribution in [0.25, 0.3) is 21.0 Å². The van der Waals surface area contributed by atoms with Crippen molar-refractivity contribution >= 4 is 43.4 Å². The van der Waals surface area contributed by atoms with Crippen LogP contribution in [0.15, 0.2) is 54.6 Å². The minimum atomic E-state index is -0.0860. The Labute approximate surface area is 186 Å². The standard InChI is InChI=1S/C25H27N3O2S/c1-17-10-11-21-23(14-17)31-25(26-21)28(13-7-12-27(2)3)24(29)20-15-18-8-5-6-9-19(18)16-22(20)30-4/h5-6,8-11,14-16H,7,12-13H2,1-4H3. The van der Waals surface area contributed by atoms with Crippen molar-refractivity contribution in [2.75, 3.05) is 39.2 Å². The van der Waals surface area contributed by atoms with Crippen LogP contribution in [0.4, 0.5) is 5.13 Å². The van der Waals surface area contributed by atoms with Gasteiger partial charge in [0.1, 0.15) is 5.75 Å². The van der Waals surface area contributed by atoms with E-state index in [9.17, 15) is 4.79 Å². The molecule has 6 heteroatoms. The molecule has 4 aromatic rings. The van der Waals surface area contributed by atoms with E-state index < -0.39 is 0 Å². The van der Waals surface area contributed by atoms with E-state index in [1.807, 2.05) is 56.6 Å². The molecular formula is C25H27N3O2S. The van der Waals surface area contributed by atoms with Crippen LogP contribution in [-0.2, 0) is 0 Å². The monoisotopic (exact) mass is 433 g/mol. The van der Waals surface area contributed by atoms with Gasteiger partial charge in [0.2, 0.25) is 0 Å². The van der Waals surface area contributed by atoms with Crippen LogP contribution in [-0.4, -0.2) is 50.1 Å². The molecule has 0 N–H and O–H groups in total. The summed E-state index contributed by atoms with van der Waals surface area (Å²) in [6, 6.07) is 18.1. The van der Waals surface area contributed by atoms with Crippen molar-refractivity contribution in [3.63, 3.8) is 0 Å². The van der Waals surface area contributed by atoms with Gasteiger partial charge in [-0.15, -0.1) is 0 Å². The lowest BCUT2D eigenvalue weighted by Gasteiger charge is -2.22. The van der Waals surface area contributed by atoms with E-state index in [1.54, 1.807) is 23.3 Å². The fraction of sp³-hybridized carbons (Fsp3) is 0.280. The number of aryl methyl sites for hydroxylation is 1. The van der Waals surface area contributed by atoms with Crippen LogP contribution in [0.3, 0.4) is 0 Å². The number of nitrogens with zero attached hydrogens (tertiary/aromatic N) is 3. The number of carbonyl (C=O) groups is 1. The third-order valence-electron chi connectivity index (χ3n) is 5.29. The Hall–Kier alpha value is -2.96. The summed E-state index contributed by atoms with van der Waals surface area (Å²) >= 11 is 1.56. The number of hydrogen-bond donors (Lipinski definition) is 0. The molecule has 0 fully saturated rings. The van der Waals surface area contributed by atoms with E-state index in [4.69, 9.17) is 9.72 Å². The number of ether oxygens (including phenoxy) is 1. The second kappa shape index (κ2) is 9.04. The van der Waals surface area contributed by atoms with Crippen LogP contribution in [0.1, 0.15) is 22.3 Å². The lowest BCUT2D eigenvalue weighted by Crippen LogP contribution is -2.33. The van der Waals surface area contributed by atoms with Crippen molar-refractivity contribution in [2.24, 2.45) is 0 Å². The van der Waals surface area contributed by atoms with Crippen molar-refractivity contribution < 1.29 is 9.53 Å². The van der Waals surface area contributed by atoms with Gasteiger partial charge in [0, 0.05) is 6.54 Å². The Balaban J connectivity index is 1.76. The van der Waals surface area contributed by atoms with Gasteiger partial charge in [0.25, 0.3) is 5.91 Å². The molecule has 0 aliphatic heterocycles. The molecule has 0 saturated carbocycles. The number of rotatable bonds is 7. The summed E-state index contributed by atoms with van der Waals surface area (Å²) in [6.45, 7) is 3.55. The SMILES string of the molecule is COc1cc2ccccc2cc1C(=O)N(CCCN(C)C)c1nc2ccc(C)cc2s1. The molecule has 0 atom stereocenters. The van der Waals surface area contributed by atoms with Gasteiger partial charge in [0.05, 0.1) is 22.9 Å². The predicted molar refractivity (Wildman–Crippen MR) is 130 cm³/mol. The number of benzene rings is 3. The second-order valence-electron chi connectivity index (χ2n) is 7.98. The molecule has 5 nitrogen and oxygen atoms in total. The summed E-state index contributed by atoms with van der Waals surface area (Å²) in [5.41, 5.74) is 2.66. The Kier molecular flexibility index (Phi) is 6.20. The third kappa shape index (κ3) is 4.55. The first-order valence-corrected chi connectivity index (χ1v) is 11.2. The molecule has 1 heterocycles. The number of aromatic nitrogens is 1. The van der Waals surface area contributed by atoms with Gasteiger partial charge in [-0.05, 0) is 74.6 Å². The molecule has 31 heavy (non-hydrogen) atoms. The van der Waals surface area contributed by atoms with Crippen LogP contribution in [0.5, 0.6) is 5.75 Å². The fourth-order valence-corrected chi connectivity index (χ4v) is 4.75. The molecule has 160 valence electrons. The van der Waals surface area contributed by atoms with E-state index in [2.05, 4.69) is 24.0 Å². The van der Waals surface area contributed by atoms with Crippen molar-refractivity contribution in [3.8, 4) is 5.75 Å². The third-order valence-corrected chi connectivity index (χ3v) is 6.34. The molecule has 1 amide bonds. The average Bonchev–Trinajstić information content (AvgIpc) is 3.17. The maximum atomic E-state index is 13.8. The molecule has 4 rings (SSSR count). The molecular weight excluding hydrogens is 406 g/mol. The summed E-state index contributed by atoms with van der Waals surface area (Å²) in [4.78, 5) is 22.5. The average molecular weight is 434 g/mol. The number of amides is 1. The Morgan fingerprint density at radius 2 is 1.77 bits per heavy atom. The summed E-state index contributed by atoms with van der Waals surface area (Å²) < 4.78 is 6.69. The maximum Gasteiger partial charge on any atom is 0.263 e. The van der Waals surface area contributed by atoms with Gasteiger partial charge in [-0.3, -0.25) is 9.69 Å². The summed E-state index contributed by atoms with van der Waals surface area (Å²) in [5, 5.41) is 2.78. The van der Waals surface area contributed by atoms with Gasteiger partial charge in [-0.25, -0.2) is 4.98 Å². The smallest absolute Gasteiger partial charge is 0.263 e. The van der Waals surface area contributed by atoms with Crippen LogP contribution < -0.4 is 9.64 Å². The van der Waals surface area contributed by atoms with Crippen LogP contribution >= 0.6 is 11.3 Å². The summed E-state index contributed by atoms with van der Waals surface area (Å²) in [7, 11) is 5.69. The second-order valence-corrected chi connectivity index (χ2v) is 8.99. The number of carbonyl (C=O) groups excluding carboxylic acids is 1. The minimum Gasteiger partial charge on any atom is -0.496 e. The quantitative estimate of drug-likeness (QED) is 0.393. The van der Waals surface area contributed by atoms with Crippen molar-refractivity contribution in [1.29, 1.82) is 0 Å². The van der Waals surface area contributed by atoms with Crippen LogP contribution in [0.2, 0.25) is 0 Å². The molecule has 0 aliphatic carbocycles. The molecule has 3 aromatic carbocycles. The minimum absolute atomic E-state index is 0.0860. The molecule has 1 aromatic heterocycles. The van der Waals surface area contributed by atoms with Gasteiger partial charge < -0.3 is 9.64 Å². The zero-order valence-corrected chi connectivity index (χ0v) is 19.2. The van der Waals surface area contributed by atoms with Gasteiger partial charge in [-0.2, -0.15) is 0 Å². The molecule has 0 saturated heterocycles. The van der Waals surface area contributed by atoms with Crippen molar-refractivity contribution in [2.45, 2.75) is 13.3 Å². The first-order valence-electron chi connectivity index (χ1n) is 10.4. The van der Waals surface area contributed by atoms with Gasteiger partial charge in [-0.1, -0.05) is 41.7 Å². The normalized spacial score (nSPS) is 11.4. The fourth-order valence-electron chi connectivity index (χ4n) is 3.67. The van der Waals surface area contributed by atoms with E-state index in [1.165, 1.54) is 5.56 Å². The number of hydrogen-bond acceptors (Lipinski definition) is 5. The number of methoxy groups -OCH3 is 1. The highest BCUT2D eigenvalue weighted by Gasteiger charge is 2.24. The highest BCUT2D eigenvalue weighted by Crippen LogP contribution is 2.33. The van der Waals surface area contributed by atoms with E-state index in [0.29, 0.717) is 17.9 Å². The number of anilines is 1. The van der Waals surface area contributed by atoms with Crippen molar-refractivity contribution in [3.05, 3.63) is 65.7 Å². The highest BCUT2D eigenvalue weighted by atomic mass is 32.1. The number of fused-ring (bicyclic) bond motifs is 2. The molecule has 0 aliphatic rings. The van der Waals surface area contributed by atoms with E-state index in [-0.39, 0.29) is 5.91 Å². The van der Waals surface area contributed by atoms with Gasteiger partial charge in [0.15, 0.2) is 5.13 Å². The van der Waals surface area contributed by atoms with Crippen LogP contribution in [0, 0.1) is 6.92 Å². The first-order chi connectivity index (χ1) is 15.0. The molecule has 0 unspecified atom stereocenters. The summed E-state index contributed by atoms with van der Waals surface area (Å²) in [6.07, 6.45) is 0.851. The largest absolute Gasteiger partial charge is 0.496 e. The molecule has 0 radical (unpaired) electrons. The number of thiazole rings is 1. The Morgan fingerprint density at radius 3 is 2.48 bits per heavy atom. The Morgan fingerprint density at radius 1 is 1.03 bits per heavy atom. The molecule has 0 bridgehead atoms. The molecule has 0 spiro atoms. The van der Waals surface area contributed by atoms with Crippen molar-refractivity contribution in [1.82, 2.24) is 9.88 Å². The van der Waals surface area contributed by atoms with E-state index >= 15 is 0 Å². The highest BCUT2D eigenvalue weighted by molar-refractivity contribution is 7.22. The maximum absolute atomic E-state index is 13.8. The summed E-state index contributed by atoms with van der Waals surface area (Å²) in [5.74, 6) is 0.496. The lowest BCUT2D eigenvalue weighted by molar-refractivity contribution is 0.0983. The Bertz CT molecular complexity index is 1230. The zero-order valence-electron chi connectivity index (χ0n) is 18.4. The predicted octanol–water partition coefficient (Wildman–Crippen LogP) is 5.37. The van der Waals surface area contributed by atoms with E-state index in [0.717, 1.165) is 39.1 Å². The topological polar surface area (TPSA) is 45.7 Å².